The van der Waals surface area contributed by atoms with E-state index in [1.165, 1.54) is 6.07 Å². The summed E-state index contributed by atoms with van der Waals surface area (Å²) in [5, 5.41) is 2.57. The Morgan fingerprint density at radius 2 is 1.95 bits per heavy atom. The summed E-state index contributed by atoms with van der Waals surface area (Å²) in [6.45, 7) is 1.60. The number of benzene rings is 1. The van der Waals surface area contributed by atoms with Gasteiger partial charge in [-0.1, -0.05) is 6.07 Å². The second-order valence-electron chi connectivity index (χ2n) is 4.38. The van der Waals surface area contributed by atoms with Gasteiger partial charge in [-0.25, -0.2) is 21.9 Å². The number of hydrogen-bond donors (Lipinski definition) is 2. The average Bonchev–Trinajstić information content (AvgIpc) is 2.30. The van der Waals surface area contributed by atoms with Gasteiger partial charge in [0.05, 0.1) is 12.3 Å². The Morgan fingerprint density at radius 1 is 1.30 bits per heavy atom. The first-order valence-electron chi connectivity index (χ1n) is 5.88. The monoisotopic (exact) mass is 306 g/mol. The lowest BCUT2D eigenvalue weighted by Gasteiger charge is -2.14. The first-order chi connectivity index (χ1) is 9.19. The Labute approximate surface area is 116 Å². The van der Waals surface area contributed by atoms with Crippen LogP contribution in [0, 0.1) is 11.6 Å². The van der Waals surface area contributed by atoms with Crippen LogP contribution in [0.15, 0.2) is 18.2 Å². The molecule has 0 aliphatic carbocycles. The predicted octanol–water partition coefficient (Wildman–Crippen LogP) is 1.08. The van der Waals surface area contributed by atoms with E-state index in [0.29, 0.717) is 5.56 Å². The number of hydrogen-bond acceptors (Lipinski definition) is 3. The molecule has 0 bridgehead atoms. The molecule has 0 aromatic heterocycles. The van der Waals surface area contributed by atoms with Gasteiger partial charge < -0.3 is 5.32 Å². The fourth-order valence-corrected chi connectivity index (χ4v) is 2.00. The summed E-state index contributed by atoms with van der Waals surface area (Å²) in [5.74, 6) is -2.33. The molecule has 0 fully saturated rings. The summed E-state index contributed by atoms with van der Waals surface area (Å²) in [4.78, 5) is 11.6. The Bertz CT molecular complexity index is 590. The second kappa shape index (κ2) is 6.76. The fourth-order valence-electron chi connectivity index (χ4n) is 1.53. The first-order valence-corrected chi connectivity index (χ1v) is 7.77. The summed E-state index contributed by atoms with van der Waals surface area (Å²) in [6, 6.07) is 2.86. The lowest BCUT2D eigenvalue weighted by atomic mass is 10.1. The summed E-state index contributed by atoms with van der Waals surface area (Å²) < 4.78 is 49.6. The van der Waals surface area contributed by atoms with Crippen molar-refractivity contribution in [2.45, 2.75) is 19.4 Å². The Hall–Kier alpha value is -1.54. The minimum atomic E-state index is -3.33. The molecule has 0 aliphatic heterocycles. The first kappa shape index (κ1) is 16.5. The molecule has 0 aliphatic rings. The summed E-state index contributed by atoms with van der Waals surface area (Å²) >= 11 is 0. The van der Waals surface area contributed by atoms with Gasteiger partial charge >= 0.3 is 0 Å². The molecule has 1 aromatic rings. The van der Waals surface area contributed by atoms with E-state index in [2.05, 4.69) is 10.0 Å². The molecule has 1 rings (SSSR count). The van der Waals surface area contributed by atoms with Gasteiger partial charge in [0.15, 0.2) is 11.6 Å². The van der Waals surface area contributed by atoms with Crippen molar-refractivity contribution >= 4 is 15.9 Å². The van der Waals surface area contributed by atoms with Crippen molar-refractivity contribution < 1.29 is 22.0 Å². The molecular formula is C12H16F2N2O3S. The lowest BCUT2D eigenvalue weighted by molar-refractivity contribution is -0.121. The van der Waals surface area contributed by atoms with Gasteiger partial charge in [0.2, 0.25) is 15.9 Å². The topological polar surface area (TPSA) is 75.3 Å². The van der Waals surface area contributed by atoms with Crippen molar-refractivity contribution in [1.82, 2.24) is 10.0 Å². The number of nitrogens with one attached hydrogen (secondary N) is 2. The normalized spacial score (nSPS) is 13.0. The number of carbonyl (C=O) groups excluding carboxylic acids is 1. The Kier molecular flexibility index (Phi) is 5.58. The zero-order valence-electron chi connectivity index (χ0n) is 11.1. The summed E-state index contributed by atoms with van der Waals surface area (Å²) in [6.07, 6.45) is 0.954. The van der Waals surface area contributed by atoms with Crippen molar-refractivity contribution in [1.29, 1.82) is 0 Å². The van der Waals surface area contributed by atoms with E-state index in [-0.39, 0.29) is 13.0 Å². The molecule has 0 radical (unpaired) electrons. The summed E-state index contributed by atoms with van der Waals surface area (Å²) in [5.41, 5.74) is 0.424. The van der Waals surface area contributed by atoms with Crippen LogP contribution in [0.5, 0.6) is 0 Å². The number of rotatable bonds is 6. The third-order valence-electron chi connectivity index (χ3n) is 2.54. The van der Waals surface area contributed by atoms with E-state index in [1.54, 1.807) is 6.92 Å². The number of carbonyl (C=O) groups is 1. The fraction of sp³-hybridized carbons (Fsp3) is 0.417. The maximum atomic E-state index is 13.0. The largest absolute Gasteiger partial charge is 0.350 e. The van der Waals surface area contributed by atoms with Crippen molar-refractivity contribution in [2.75, 3.05) is 12.8 Å². The van der Waals surface area contributed by atoms with Crippen LogP contribution in [0.3, 0.4) is 0 Å². The van der Waals surface area contributed by atoms with Gasteiger partial charge in [-0.05, 0) is 24.6 Å². The summed E-state index contributed by atoms with van der Waals surface area (Å²) in [7, 11) is -3.33. The minimum Gasteiger partial charge on any atom is -0.350 e. The van der Waals surface area contributed by atoms with Crippen LogP contribution in [0.1, 0.15) is 24.9 Å². The highest BCUT2D eigenvalue weighted by Crippen LogP contribution is 2.15. The molecule has 5 nitrogen and oxygen atoms in total. The third kappa shape index (κ3) is 5.62. The molecule has 1 amide bonds. The molecule has 8 heteroatoms. The maximum Gasteiger partial charge on any atom is 0.221 e. The van der Waals surface area contributed by atoms with Crippen molar-refractivity contribution in [2.24, 2.45) is 0 Å². The van der Waals surface area contributed by atoms with Crippen LogP contribution in [0.4, 0.5) is 8.78 Å². The third-order valence-corrected chi connectivity index (χ3v) is 3.27. The van der Waals surface area contributed by atoms with Crippen molar-refractivity contribution in [3.05, 3.63) is 35.4 Å². The van der Waals surface area contributed by atoms with Crippen LogP contribution in [-0.2, 0) is 14.8 Å². The highest BCUT2D eigenvalue weighted by Gasteiger charge is 2.12. The molecule has 0 saturated carbocycles. The van der Waals surface area contributed by atoms with Crippen LogP contribution >= 0.6 is 0 Å². The van der Waals surface area contributed by atoms with Crippen LogP contribution in [0.2, 0.25) is 0 Å². The smallest absolute Gasteiger partial charge is 0.221 e. The number of sulfonamides is 1. The van der Waals surface area contributed by atoms with Crippen molar-refractivity contribution in [3.63, 3.8) is 0 Å². The molecule has 112 valence electrons. The van der Waals surface area contributed by atoms with E-state index >= 15 is 0 Å². The van der Waals surface area contributed by atoms with E-state index < -0.39 is 33.6 Å². The van der Waals surface area contributed by atoms with Crippen molar-refractivity contribution in [3.8, 4) is 0 Å². The minimum absolute atomic E-state index is 0.0187. The molecular weight excluding hydrogens is 290 g/mol. The molecule has 1 unspecified atom stereocenters. The highest BCUT2D eigenvalue weighted by atomic mass is 32.2. The molecule has 0 saturated heterocycles. The molecule has 1 atom stereocenters. The quantitative estimate of drug-likeness (QED) is 0.826. The Balaban J connectivity index is 2.51. The predicted molar refractivity (Wildman–Crippen MR) is 70.4 cm³/mol. The average molecular weight is 306 g/mol. The van der Waals surface area contributed by atoms with Crippen LogP contribution in [-0.4, -0.2) is 27.1 Å². The van der Waals surface area contributed by atoms with Gasteiger partial charge in [0, 0.05) is 13.0 Å². The van der Waals surface area contributed by atoms with Gasteiger partial charge in [0.1, 0.15) is 0 Å². The zero-order valence-corrected chi connectivity index (χ0v) is 11.9. The maximum absolute atomic E-state index is 13.0. The van der Waals surface area contributed by atoms with Gasteiger partial charge in [0.25, 0.3) is 0 Å². The van der Waals surface area contributed by atoms with Gasteiger partial charge in [-0.15, -0.1) is 0 Å². The SMILES string of the molecule is CC(NC(=O)CCNS(C)(=O)=O)c1ccc(F)c(F)c1. The molecule has 0 spiro atoms. The molecule has 0 heterocycles. The number of amides is 1. The van der Waals surface area contributed by atoms with Gasteiger partial charge in [-0.2, -0.15) is 0 Å². The molecule has 2 N–H and O–H groups in total. The van der Waals surface area contributed by atoms with E-state index in [4.69, 9.17) is 0 Å². The van der Waals surface area contributed by atoms with E-state index in [9.17, 15) is 22.0 Å². The molecule has 1 aromatic carbocycles. The van der Waals surface area contributed by atoms with Crippen LogP contribution < -0.4 is 10.0 Å². The Morgan fingerprint density at radius 3 is 2.50 bits per heavy atom. The lowest BCUT2D eigenvalue weighted by Crippen LogP contribution is -2.31. The second-order valence-corrected chi connectivity index (χ2v) is 6.21. The van der Waals surface area contributed by atoms with Gasteiger partial charge in [-0.3, -0.25) is 4.79 Å². The zero-order chi connectivity index (χ0) is 15.3. The van der Waals surface area contributed by atoms with Crippen LogP contribution in [0.25, 0.3) is 0 Å². The standard InChI is InChI=1S/C12H16F2N2O3S/c1-8(9-3-4-10(13)11(14)7-9)16-12(17)5-6-15-20(2,18)19/h3-4,7-8,15H,5-6H2,1-2H3,(H,16,17). The number of halogens is 2. The molecule has 20 heavy (non-hydrogen) atoms. The van der Waals surface area contributed by atoms with E-state index in [1.807, 2.05) is 0 Å². The highest BCUT2D eigenvalue weighted by molar-refractivity contribution is 7.88. The van der Waals surface area contributed by atoms with E-state index in [0.717, 1.165) is 18.4 Å².